The van der Waals surface area contributed by atoms with Gasteiger partial charge in [0.15, 0.2) is 0 Å². The van der Waals surface area contributed by atoms with Crippen molar-refractivity contribution in [2.75, 3.05) is 7.11 Å². The van der Waals surface area contributed by atoms with Gasteiger partial charge in [0.05, 0.1) is 7.11 Å². The third-order valence-corrected chi connectivity index (χ3v) is 1.51. The Bertz CT molecular complexity index is 334. The summed E-state index contributed by atoms with van der Waals surface area (Å²) in [5.41, 5.74) is 0.807. The predicted octanol–water partition coefficient (Wildman–Crippen LogP) is 2.17. The lowest BCUT2D eigenvalue weighted by Crippen LogP contribution is -1.86. The molecule has 0 aromatic heterocycles. The summed E-state index contributed by atoms with van der Waals surface area (Å²) in [5, 5.41) is 8.38. The highest BCUT2D eigenvalue weighted by Crippen LogP contribution is 2.13. The van der Waals surface area contributed by atoms with Crippen LogP contribution in [0.15, 0.2) is 30.3 Å². The van der Waals surface area contributed by atoms with Gasteiger partial charge in [-0.3, -0.25) is 0 Å². The molecule has 0 unspecified atom stereocenters. The molecule has 0 radical (unpaired) electrons. The highest BCUT2D eigenvalue weighted by atomic mass is 16.5. The van der Waals surface area contributed by atoms with Gasteiger partial charge in [-0.1, -0.05) is 12.1 Å². The summed E-state index contributed by atoms with van der Waals surface area (Å²) >= 11 is 0. The highest BCUT2D eigenvalue weighted by molar-refractivity contribution is 5.85. The van der Waals surface area contributed by atoms with Crippen LogP contribution in [0.25, 0.3) is 6.08 Å². The van der Waals surface area contributed by atoms with Crippen LogP contribution in [0.5, 0.6) is 5.75 Å². The minimum Gasteiger partial charge on any atom is -0.497 e. The number of quaternary nitrogens is 1. The summed E-state index contributed by atoms with van der Waals surface area (Å²) in [7, 11) is 1.57. The maximum Gasteiger partial charge on any atom is 0.328 e. The number of aliphatic carboxylic acids is 1. The Morgan fingerprint density at radius 3 is 2.79 bits per heavy atom. The molecular weight excluding hydrogens is 182 g/mol. The molecule has 0 heterocycles. The van der Waals surface area contributed by atoms with Gasteiger partial charge < -0.3 is 16.0 Å². The van der Waals surface area contributed by atoms with Crippen LogP contribution in [-0.2, 0) is 4.79 Å². The van der Waals surface area contributed by atoms with Gasteiger partial charge in [0.25, 0.3) is 0 Å². The molecule has 0 aliphatic heterocycles. The van der Waals surface area contributed by atoms with Crippen LogP contribution in [0.1, 0.15) is 5.56 Å². The smallest absolute Gasteiger partial charge is 0.328 e. The molecule has 0 spiro atoms. The summed E-state index contributed by atoms with van der Waals surface area (Å²) in [5.74, 6) is -0.240. The summed E-state index contributed by atoms with van der Waals surface area (Å²) < 4.78 is 4.98. The van der Waals surface area contributed by atoms with E-state index in [1.54, 1.807) is 25.3 Å². The second-order valence-corrected chi connectivity index (χ2v) is 2.45. The fourth-order valence-corrected chi connectivity index (χ4v) is 0.913. The Morgan fingerprint density at radius 1 is 1.50 bits per heavy atom. The van der Waals surface area contributed by atoms with E-state index in [4.69, 9.17) is 9.84 Å². The number of benzene rings is 1. The van der Waals surface area contributed by atoms with Crippen LogP contribution < -0.4 is 10.9 Å². The van der Waals surface area contributed by atoms with Gasteiger partial charge in [-0.15, -0.1) is 0 Å². The summed E-state index contributed by atoms with van der Waals surface area (Å²) in [6.45, 7) is 0. The summed E-state index contributed by atoms with van der Waals surface area (Å²) in [6, 6.07) is 7.18. The number of carbonyl (C=O) groups is 1. The van der Waals surface area contributed by atoms with Crippen molar-refractivity contribution in [1.82, 2.24) is 6.15 Å². The molecule has 0 aliphatic carbocycles. The Labute approximate surface area is 82.4 Å². The molecule has 1 rings (SSSR count). The normalized spacial score (nSPS) is 9.50. The Morgan fingerprint density at radius 2 is 2.21 bits per heavy atom. The first-order valence-corrected chi connectivity index (χ1v) is 3.77. The number of carboxylic acids is 1. The maximum atomic E-state index is 10.2. The van der Waals surface area contributed by atoms with Gasteiger partial charge in [-0.05, 0) is 23.8 Å². The van der Waals surface area contributed by atoms with Crippen LogP contribution in [0.4, 0.5) is 0 Å². The molecule has 14 heavy (non-hydrogen) atoms. The molecule has 0 saturated heterocycles. The average Bonchev–Trinajstić information content (AvgIpc) is 2.15. The number of ether oxygens (including phenoxy) is 1. The fraction of sp³-hybridized carbons (Fsp3) is 0.100. The molecule has 76 valence electrons. The second kappa shape index (κ2) is 5.77. The zero-order chi connectivity index (χ0) is 9.68. The third kappa shape index (κ3) is 3.73. The standard InChI is InChI=1S/C10H10O3.H3N/c1-13-9-4-2-3-8(7-9)5-6-10(11)12;/h2-7H,1H3,(H,11,12);1H3/p+1/b6-5+;. The van der Waals surface area contributed by atoms with E-state index in [1.165, 1.54) is 6.08 Å². The second-order valence-electron chi connectivity index (χ2n) is 2.45. The molecule has 0 bridgehead atoms. The van der Waals surface area contributed by atoms with Crippen molar-refractivity contribution in [2.45, 2.75) is 0 Å². The summed E-state index contributed by atoms with van der Waals surface area (Å²) in [4.78, 5) is 10.2. The zero-order valence-electron chi connectivity index (χ0n) is 8.23. The molecule has 1 aromatic carbocycles. The van der Waals surface area contributed by atoms with Gasteiger partial charge in [-0.2, -0.15) is 0 Å². The lowest BCUT2D eigenvalue weighted by molar-refractivity contribution is -0.131. The molecule has 0 fully saturated rings. The summed E-state index contributed by atoms with van der Waals surface area (Å²) in [6.07, 6.45) is 2.61. The van der Waals surface area contributed by atoms with E-state index in [9.17, 15) is 4.79 Å². The van der Waals surface area contributed by atoms with Crippen LogP contribution >= 0.6 is 0 Å². The molecule has 1 aromatic rings. The fourth-order valence-electron chi connectivity index (χ4n) is 0.913. The molecular formula is C10H14NO3+. The van der Waals surface area contributed by atoms with Crippen molar-refractivity contribution in [3.8, 4) is 5.75 Å². The topological polar surface area (TPSA) is 83.0 Å². The zero-order valence-corrected chi connectivity index (χ0v) is 8.23. The van der Waals surface area contributed by atoms with Crippen molar-refractivity contribution < 1.29 is 14.6 Å². The van der Waals surface area contributed by atoms with Crippen LogP contribution in [0.3, 0.4) is 0 Å². The van der Waals surface area contributed by atoms with Crippen molar-refractivity contribution in [3.05, 3.63) is 35.9 Å². The van der Waals surface area contributed by atoms with Crippen LogP contribution in [-0.4, -0.2) is 18.2 Å². The number of carboxylic acid groups (broad SMARTS) is 1. The molecule has 5 N–H and O–H groups in total. The van der Waals surface area contributed by atoms with E-state index in [-0.39, 0.29) is 6.15 Å². The van der Waals surface area contributed by atoms with Crippen LogP contribution in [0, 0.1) is 0 Å². The SMILES string of the molecule is COc1cccc(/C=C/C(=O)O)c1.[NH4+]. The van der Waals surface area contributed by atoms with Crippen molar-refractivity contribution in [2.24, 2.45) is 0 Å². The van der Waals surface area contributed by atoms with Gasteiger partial charge in [0, 0.05) is 6.08 Å². The maximum absolute atomic E-state index is 10.2. The quantitative estimate of drug-likeness (QED) is 0.726. The third-order valence-electron chi connectivity index (χ3n) is 1.51. The minimum atomic E-state index is -0.956. The van der Waals surface area contributed by atoms with E-state index >= 15 is 0 Å². The minimum absolute atomic E-state index is 0. The Hall–Kier alpha value is -1.81. The van der Waals surface area contributed by atoms with Gasteiger partial charge in [-0.25, -0.2) is 4.79 Å². The van der Waals surface area contributed by atoms with E-state index < -0.39 is 5.97 Å². The first-order chi connectivity index (χ1) is 6.22. The first-order valence-electron chi connectivity index (χ1n) is 3.77. The number of hydrogen-bond acceptors (Lipinski definition) is 2. The number of hydrogen-bond donors (Lipinski definition) is 2. The van der Waals surface area contributed by atoms with E-state index in [2.05, 4.69) is 0 Å². The molecule has 0 aliphatic rings. The highest BCUT2D eigenvalue weighted by Gasteiger charge is 1.92. The lowest BCUT2D eigenvalue weighted by Gasteiger charge is -1.99. The predicted molar refractivity (Wildman–Crippen MR) is 55.6 cm³/mol. The Kier molecular flexibility index (Phi) is 5.02. The van der Waals surface area contributed by atoms with Crippen molar-refractivity contribution in [3.63, 3.8) is 0 Å². The molecule has 0 saturated carbocycles. The molecule has 0 atom stereocenters. The average molecular weight is 196 g/mol. The van der Waals surface area contributed by atoms with E-state index in [1.807, 2.05) is 6.07 Å². The van der Waals surface area contributed by atoms with Gasteiger partial charge in [0.1, 0.15) is 5.75 Å². The molecule has 4 heteroatoms. The van der Waals surface area contributed by atoms with Gasteiger partial charge in [0.2, 0.25) is 0 Å². The van der Waals surface area contributed by atoms with Crippen LogP contribution in [0.2, 0.25) is 0 Å². The lowest BCUT2D eigenvalue weighted by atomic mass is 10.2. The Balaban J connectivity index is 0.00000169. The monoisotopic (exact) mass is 196 g/mol. The number of rotatable bonds is 3. The van der Waals surface area contributed by atoms with E-state index in [0.29, 0.717) is 5.75 Å². The van der Waals surface area contributed by atoms with Crippen molar-refractivity contribution in [1.29, 1.82) is 0 Å². The largest absolute Gasteiger partial charge is 0.497 e. The molecule has 4 nitrogen and oxygen atoms in total. The van der Waals surface area contributed by atoms with Crippen molar-refractivity contribution >= 4 is 12.0 Å². The van der Waals surface area contributed by atoms with Gasteiger partial charge >= 0.3 is 5.97 Å². The first kappa shape index (κ1) is 12.2. The van der Waals surface area contributed by atoms with E-state index in [0.717, 1.165) is 11.6 Å². The number of methoxy groups -OCH3 is 1. The molecule has 0 amide bonds.